The number of aryl methyl sites for hydroxylation is 1. The van der Waals surface area contributed by atoms with Crippen molar-refractivity contribution in [2.45, 2.75) is 19.9 Å². The second-order valence-electron chi connectivity index (χ2n) is 4.88. The first-order valence-electron chi connectivity index (χ1n) is 7.26. The quantitative estimate of drug-likeness (QED) is 0.705. The summed E-state index contributed by atoms with van der Waals surface area (Å²) in [5, 5.41) is 9.90. The summed E-state index contributed by atoms with van der Waals surface area (Å²) in [5.74, 6) is 1.04. The average Bonchev–Trinajstić information content (AvgIpc) is 2.90. The maximum absolute atomic E-state index is 8.78. The number of aliphatic hydroxyl groups excluding tert-OH is 1. The Labute approximate surface area is 123 Å². The summed E-state index contributed by atoms with van der Waals surface area (Å²) in [5.41, 5.74) is 3.02. The lowest BCUT2D eigenvalue weighted by molar-refractivity contribution is 0.0871. The molecule has 0 atom stereocenters. The molecule has 0 aliphatic rings. The molecule has 0 bridgehead atoms. The molecule has 0 saturated heterocycles. The van der Waals surface area contributed by atoms with Crippen molar-refractivity contribution >= 4 is 21.9 Å². The molecule has 0 saturated carbocycles. The standard InChI is InChI=1S/C16H19N3O2/c1-2-15-18-14-11-17-13-6-4-3-5-12(13)16(14)19(15)7-9-21-10-8-20/h3-6,11,20H,2,7-10H2,1H3. The fourth-order valence-electron chi connectivity index (χ4n) is 2.64. The van der Waals surface area contributed by atoms with Gasteiger partial charge in [0.1, 0.15) is 11.3 Å². The van der Waals surface area contributed by atoms with E-state index in [9.17, 15) is 0 Å². The van der Waals surface area contributed by atoms with Gasteiger partial charge in [-0.1, -0.05) is 25.1 Å². The van der Waals surface area contributed by atoms with Gasteiger partial charge in [-0.2, -0.15) is 0 Å². The molecule has 3 rings (SSSR count). The molecule has 21 heavy (non-hydrogen) atoms. The lowest BCUT2D eigenvalue weighted by Gasteiger charge is -2.09. The highest BCUT2D eigenvalue weighted by Crippen LogP contribution is 2.24. The zero-order valence-electron chi connectivity index (χ0n) is 12.1. The van der Waals surface area contributed by atoms with E-state index < -0.39 is 0 Å². The number of ether oxygens (including phenoxy) is 1. The van der Waals surface area contributed by atoms with Crippen LogP contribution in [-0.4, -0.2) is 39.5 Å². The Bertz CT molecular complexity index is 752. The molecular weight excluding hydrogens is 266 g/mol. The zero-order valence-corrected chi connectivity index (χ0v) is 12.1. The van der Waals surface area contributed by atoms with Crippen molar-refractivity contribution < 1.29 is 9.84 Å². The summed E-state index contributed by atoms with van der Waals surface area (Å²) < 4.78 is 7.61. The van der Waals surface area contributed by atoms with Gasteiger partial charge in [-0.15, -0.1) is 0 Å². The van der Waals surface area contributed by atoms with Crippen molar-refractivity contribution in [1.29, 1.82) is 0 Å². The third-order valence-corrected chi connectivity index (χ3v) is 3.57. The van der Waals surface area contributed by atoms with Gasteiger partial charge in [-0.3, -0.25) is 4.98 Å². The van der Waals surface area contributed by atoms with Gasteiger partial charge >= 0.3 is 0 Å². The van der Waals surface area contributed by atoms with Gasteiger partial charge in [0, 0.05) is 18.4 Å². The molecule has 0 aliphatic heterocycles. The first-order valence-corrected chi connectivity index (χ1v) is 7.26. The molecule has 0 spiro atoms. The van der Waals surface area contributed by atoms with Gasteiger partial charge in [-0.05, 0) is 6.07 Å². The minimum atomic E-state index is 0.0537. The van der Waals surface area contributed by atoms with E-state index in [1.54, 1.807) is 0 Å². The molecule has 2 aromatic heterocycles. The SMILES string of the molecule is CCc1nc2cnc3ccccc3c2n1CCOCCO. The number of hydrogen-bond donors (Lipinski definition) is 1. The van der Waals surface area contributed by atoms with Crippen LogP contribution >= 0.6 is 0 Å². The topological polar surface area (TPSA) is 60.2 Å². The van der Waals surface area contributed by atoms with Crippen molar-refractivity contribution in [2.75, 3.05) is 19.8 Å². The van der Waals surface area contributed by atoms with Crippen molar-refractivity contribution in [3.63, 3.8) is 0 Å². The van der Waals surface area contributed by atoms with Gasteiger partial charge in [0.15, 0.2) is 0 Å². The van der Waals surface area contributed by atoms with E-state index >= 15 is 0 Å². The van der Waals surface area contributed by atoms with E-state index in [0.29, 0.717) is 13.2 Å². The molecule has 5 heteroatoms. The van der Waals surface area contributed by atoms with Crippen LogP contribution in [0.3, 0.4) is 0 Å². The fraction of sp³-hybridized carbons (Fsp3) is 0.375. The summed E-state index contributed by atoms with van der Waals surface area (Å²) in [6.45, 7) is 3.82. The van der Waals surface area contributed by atoms with Crippen LogP contribution < -0.4 is 0 Å². The number of para-hydroxylation sites is 1. The first-order chi connectivity index (χ1) is 10.3. The normalized spacial score (nSPS) is 11.5. The highest BCUT2D eigenvalue weighted by atomic mass is 16.5. The van der Waals surface area contributed by atoms with Gasteiger partial charge in [0.25, 0.3) is 0 Å². The summed E-state index contributed by atoms with van der Waals surface area (Å²) in [6, 6.07) is 8.11. The van der Waals surface area contributed by atoms with Crippen LogP contribution in [0.5, 0.6) is 0 Å². The van der Waals surface area contributed by atoms with E-state index in [1.807, 2.05) is 24.4 Å². The molecule has 0 fully saturated rings. The Hall–Kier alpha value is -1.98. The number of pyridine rings is 1. The molecule has 0 radical (unpaired) electrons. The second-order valence-corrected chi connectivity index (χ2v) is 4.88. The number of nitrogens with zero attached hydrogens (tertiary/aromatic N) is 3. The van der Waals surface area contributed by atoms with Crippen LogP contribution in [0.2, 0.25) is 0 Å². The Morgan fingerprint density at radius 3 is 2.86 bits per heavy atom. The van der Waals surface area contributed by atoms with Gasteiger partial charge in [-0.25, -0.2) is 4.98 Å². The Kier molecular flexibility index (Phi) is 4.13. The minimum Gasteiger partial charge on any atom is -0.394 e. The number of imidazole rings is 1. The number of fused-ring (bicyclic) bond motifs is 3. The van der Waals surface area contributed by atoms with Crippen LogP contribution in [-0.2, 0) is 17.7 Å². The molecular formula is C16H19N3O2. The third-order valence-electron chi connectivity index (χ3n) is 3.57. The van der Waals surface area contributed by atoms with E-state index in [2.05, 4.69) is 27.5 Å². The first kappa shape index (κ1) is 14.0. The predicted octanol–water partition coefficient (Wildman–Crippen LogP) is 2.16. The molecule has 2 heterocycles. The smallest absolute Gasteiger partial charge is 0.109 e. The van der Waals surface area contributed by atoms with Crippen molar-refractivity contribution in [2.24, 2.45) is 0 Å². The van der Waals surface area contributed by atoms with Crippen molar-refractivity contribution in [3.05, 3.63) is 36.3 Å². The lowest BCUT2D eigenvalue weighted by atomic mass is 10.2. The summed E-state index contributed by atoms with van der Waals surface area (Å²) in [4.78, 5) is 9.14. The van der Waals surface area contributed by atoms with Crippen LogP contribution in [0, 0.1) is 0 Å². The van der Waals surface area contributed by atoms with E-state index in [-0.39, 0.29) is 6.61 Å². The molecule has 110 valence electrons. The molecule has 0 amide bonds. The maximum Gasteiger partial charge on any atom is 0.109 e. The average molecular weight is 285 g/mol. The fourth-order valence-corrected chi connectivity index (χ4v) is 2.64. The highest BCUT2D eigenvalue weighted by molar-refractivity contribution is 6.02. The number of aliphatic hydroxyl groups is 1. The number of hydrogen-bond acceptors (Lipinski definition) is 4. The largest absolute Gasteiger partial charge is 0.394 e. The van der Waals surface area contributed by atoms with E-state index in [4.69, 9.17) is 9.84 Å². The second kappa shape index (κ2) is 6.20. The van der Waals surface area contributed by atoms with Crippen molar-refractivity contribution in [1.82, 2.24) is 14.5 Å². The summed E-state index contributed by atoms with van der Waals surface area (Å²) >= 11 is 0. The summed E-state index contributed by atoms with van der Waals surface area (Å²) in [6.07, 6.45) is 2.70. The Morgan fingerprint density at radius 2 is 2.05 bits per heavy atom. The van der Waals surface area contributed by atoms with Gasteiger partial charge in [0.05, 0.1) is 37.1 Å². The molecule has 5 nitrogen and oxygen atoms in total. The third kappa shape index (κ3) is 2.62. The van der Waals surface area contributed by atoms with Crippen molar-refractivity contribution in [3.8, 4) is 0 Å². The lowest BCUT2D eigenvalue weighted by Crippen LogP contribution is -2.11. The minimum absolute atomic E-state index is 0.0537. The molecule has 1 N–H and O–H groups in total. The number of aromatic nitrogens is 3. The summed E-state index contributed by atoms with van der Waals surface area (Å²) in [7, 11) is 0. The maximum atomic E-state index is 8.78. The highest BCUT2D eigenvalue weighted by Gasteiger charge is 2.12. The van der Waals surface area contributed by atoms with Crippen LogP contribution in [0.1, 0.15) is 12.7 Å². The van der Waals surface area contributed by atoms with Gasteiger partial charge < -0.3 is 14.4 Å². The predicted molar refractivity (Wildman–Crippen MR) is 82.3 cm³/mol. The van der Waals surface area contributed by atoms with E-state index in [0.717, 1.165) is 40.7 Å². The number of rotatable bonds is 6. The molecule has 1 aromatic carbocycles. The van der Waals surface area contributed by atoms with Crippen LogP contribution in [0.4, 0.5) is 0 Å². The number of benzene rings is 1. The van der Waals surface area contributed by atoms with Gasteiger partial charge in [0.2, 0.25) is 0 Å². The molecule has 3 aromatic rings. The van der Waals surface area contributed by atoms with Crippen LogP contribution in [0.15, 0.2) is 30.5 Å². The van der Waals surface area contributed by atoms with E-state index in [1.165, 1.54) is 0 Å². The van der Waals surface area contributed by atoms with Crippen LogP contribution in [0.25, 0.3) is 21.9 Å². The Morgan fingerprint density at radius 1 is 1.19 bits per heavy atom. The molecule has 0 unspecified atom stereocenters. The Balaban J connectivity index is 2.08. The monoisotopic (exact) mass is 285 g/mol. The zero-order chi connectivity index (χ0) is 14.7. The molecule has 0 aliphatic carbocycles.